The van der Waals surface area contributed by atoms with Gasteiger partial charge in [-0.15, -0.1) is 12.4 Å². The van der Waals surface area contributed by atoms with Crippen molar-refractivity contribution in [2.45, 2.75) is 6.92 Å². The van der Waals surface area contributed by atoms with Gasteiger partial charge in [-0.25, -0.2) is 9.78 Å². The Balaban J connectivity index is 0.000000980. The Morgan fingerprint density at radius 1 is 1.57 bits per heavy atom. The fourth-order valence-electron chi connectivity index (χ4n) is 1.24. The minimum Gasteiger partial charge on any atom is -0.477 e. The maximum atomic E-state index is 10.7. The van der Waals surface area contributed by atoms with Gasteiger partial charge in [0, 0.05) is 6.20 Å². The summed E-state index contributed by atoms with van der Waals surface area (Å²) in [6.07, 6.45) is 3.07. The number of carbonyl (C=O) groups is 1. The van der Waals surface area contributed by atoms with Crippen LogP contribution in [0.4, 0.5) is 0 Å². The number of fused-ring (bicyclic) bond motifs is 1. The molecule has 2 aromatic heterocycles. The first-order valence-electron chi connectivity index (χ1n) is 3.85. The summed E-state index contributed by atoms with van der Waals surface area (Å²) in [4.78, 5) is 14.7. The number of halogens is 1. The summed E-state index contributed by atoms with van der Waals surface area (Å²) in [6, 6.07) is 3.69. The molecule has 0 aliphatic carbocycles. The minimum absolute atomic E-state index is 0. The van der Waals surface area contributed by atoms with Crippen molar-refractivity contribution in [1.29, 1.82) is 0 Å². The van der Waals surface area contributed by atoms with Gasteiger partial charge in [-0.3, -0.25) is 4.40 Å². The molecule has 0 spiro atoms. The Hall–Kier alpha value is -1.55. The second-order valence-corrected chi connectivity index (χ2v) is 2.88. The molecule has 0 radical (unpaired) electrons. The van der Waals surface area contributed by atoms with Gasteiger partial charge in [0.1, 0.15) is 5.65 Å². The lowest BCUT2D eigenvalue weighted by Gasteiger charge is -1.96. The van der Waals surface area contributed by atoms with E-state index >= 15 is 0 Å². The zero-order valence-electron chi connectivity index (χ0n) is 7.47. The predicted molar refractivity (Wildman–Crippen MR) is 54.1 cm³/mol. The summed E-state index contributed by atoms with van der Waals surface area (Å²) in [7, 11) is 0. The van der Waals surface area contributed by atoms with E-state index in [1.54, 1.807) is 10.6 Å². The molecule has 0 unspecified atom stereocenters. The Labute approximate surface area is 86.6 Å². The van der Waals surface area contributed by atoms with Gasteiger partial charge in [0.15, 0.2) is 5.69 Å². The van der Waals surface area contributed by atoms with Crippen LogP contribution in [0.2, 0.25) is 0 Å². The first kappa shape index (κ1) is 10.5. The number of aromatic carboxylic acids is 1. The van der Waals surface area contributed by atoms with Crippen LogP contribution < -0.4 is 0 Å². The molecule has 0 aliphatic rings. The highest BCUT2D eigenvalue weighted by atomic mass is 35.5. The van der Waals surface area contributed by atoms with E-state index in [4.69, 9.17) is 5.11 Å². The number of hydrogen-bond donors (Lipinski definition) is 1. The van der Waals surface area contributed by atoms with Crippen LogP contribution >= 0.6 is 12.4 Å². The normalized spacial score (nSPS) is 9.79. The summed E-state index contributed by atoms with van der Waals surface area (Å²) in [5.74, 6) is -0.962. The van der Waals surface area contributed by atoms with Crippen molar-refractivity contribution < 1.29 is 9.90 Å². The van der Waals surface area contributed by atoms with Crippen molar-refractivity contribution in [3.05, 3.63) is 35.8 Å². The van der Waals surface area contributed by atoms with Crippen LogP contribution in [0.5, 0.6) is 0 Å². The third kappa shape index (κ3) is 1.56. The van der Waals surface area contributed by atoms with E-state index in [0.29, 0.717) is 5.65 Å². The average Bonchev–Trinajstić information content (AvgIpc) is 2.46. The van der Waals surface area contributed by atoms with Gasteiger partial charge in [-0.2, -0.15) is 0 Å². The molecule has 0 atom stereocenters. The number of carboxylic acid groups (broad SMARTS) is 1. The summed E-state index contributed by atoms with van der Waals surface area (Å²) in [6.45, 7) is 1.94. The van der Waals surface area contributed by atoms with Crippen molar-refractivity contribution in [2.75, 3.05) is 0 Å². The Morgan fingerprint density at radius 2 is 2.29 bits per heavy atom. The lowest BCUT2D eigenvalue weighted by Crippen LogP contribution is -2.00. The molecule has 74 valence electrons. The minimum atomic E-state index is -0.962. The number of aryl methyl sites for hydroxylation is 1. The molecule has 0 amide bonds. The highest BCUT2D eigenvalue weighted by Crippen LogP contribution is 2.08. The number of pyridine rings is 1. The van der Waals surface area contributed by atoms with Crippen molar-refractivity contribution in [2.24, 2.45) is 0 Å². The molecule has 1 N–H and O–H groups in total. The van der Waals surface area contributed by atoms with Gasteiger partial charge >= 0.3 is 5.97 Å². The summed E-state index contributed by atoms with van der Waals surface area (Å²) >= 11 is 0. The van der Waals surface area contributed by atoms with Crippen LogP contribution in [0.1, 0.15) is 16.1 Å². The van der Waals surface area contributed by atoms with Gasteiger partial charge in [0.05, 0.1) is 6.20 Å². The SMILES string of the molecule is Cc1ccn2c(C(=O)O)cnc2c1.Cl. The van der Waals surface area contributed by atoms with E-state index in [1.807, 2.05) is 19.1 Å². The molecule has 0 bridgehead atoms. The van der Waals surface area contributed by atoms with Crippen molar-refractivity contribution >= 4 is 24.0 Å². The van der Waals surface area contributed by atoms with Crippen LogP contribution in [0, 0.1) is 6.92 Å². The average molecular weight is 213 g/mol. The van der Waals surface area contributed by atoms with E-state index in [9.17, 15) is 4.79 Å². The summed E-state index contributed by atoms with van der Waals surface area (Å²) < 4.78 is 1.55. The quantitative estimate of drug-likeness (QED) is 0.784. The van der Waals surface area contributed by atoms with Gasteiger partial charge < -0.3 is 5.11 Å². The number of carboxylic acids is 1. The zero-order chi connectivity index (χ0) is 9.42. The smallest absolute Gasteiger partial charge is 0.354 e. The largest absolute Gasteiger partial charge is 0.477 e. The monoisotopic (exact) mass is 212 g/mol. The highest BCUT2D eigenvalue weighted by Gasteiger charge is 2.08. The van der Waals surface area contributed by atoms with E-state index in [2.05, 4.69) is 4.98 Å². The molecular formula is C9H9ClN2O2. The van der Waals surface area contributed by atoms with Gasteiger partial charge in [-0.1, -0.05) is 0 Å². The second kappa shape index (κ2) is 3.67. The van der Waals surface area contributed by atoms with E-state index in [-0.39, 0.29) is 18.1 Å². The number of rotatable bonds is 1. The predicted octanol–water partition coefficient (Wildman–Crippen LogP) is 1.76. The highest BCUT2D eigenvalue weighted by molar-refractivity contribution is 5.86. The third-order valence-electron chi connectivity index (χ3n) is 1.89. The Bertz CT molecular complexity index is 479. The van der Waals surface area contributed by atoms with Crippen LogP contribution in [0.15, 0.2) is 24.5 Å². The lowest BCUT2D eigenvalue weighted by atomic mass is 10.3. The van der Waals surface area contributed by atoms with E-state index in [1.165, 1.54) is 6.20 Å². The van der Waals surface area contributed by atoms with E-state index < -0.39 is 5.97 Å². The Morgan fingerprint density at radius 3 is 2.93 bits per heavy atom. The van der Waals surface area contributed by atoms with Gasteiger partial charge in [0.2, 0.25) is 0 Å². The number of aromatic nitrogens is 2. The second-order valence-electron chi connectivity index (χ2n) is 2.88. The molecule has 0 saturated heterocycles. The molecule has 14 heavy (non-hydrogen) atoms. The fourth-order valence-corrected chi connectivity index (χ4v) is 1.24. The molecule has 4 nitrogen and oxygen atoms in total. The molecule has 0 aromatic carbocycles. The summed E-state index contributed by atoms with van der Waals surface area (Å²) in [5.41, 5.74) is 1.92. The standard InChI is InChI=1S/C9H8N2O2.ClH/c1-6-2-3-11-7(9(12)13)5-10-8(11)4-6;/h2-5H,1H3,(H,12,13);1H. The molecule has 2 heterocycles. The van der Waals surface area contributed by atoms with Crippen LogP contribution in [0.3, 0.4) is 0 Å². The van der Waals surface area contributed by atoms with Crippen molar-refractivity contribution in [1.82, 2.24) is 9.38 Å². The van der Waals surface area contributed by atoms with Gasteiger partial charge in [0.25, 0.3) is 0 Å². The number of hydrogen-bond acceptors (Lipinski definition) is 2. The third-order valence-corrected chi connectivity index (χ3v) is 1.89. The molecular weight excluding hydrogens is 204 g/mol. The molecule has 5 heteroatoms. The maximum absolute atomic E-state index is 10.7. The van der Waals surface area contributed by atoms with Crippen LogP contribution in [0.25, 0.3) is 5.65 Å². The van der Waals surface area contributed by atoms with E-state index in [0.717, 1.165) is 5.56 Å². The lowest BCUT2D eigenvalue weighted by molar-refractivity contribution is 0.0689. The van der Waals surface area contributed by atoms with Gasteiger partial charge in [-0.05, 0) is 24.6 Å². The molecule has 2 rings (SSSR count). The summed E-state index contributed by atoms with van der Waals surface area (Å²) in [5, 5.41) is 8.78. The number of nitrogens with zero attached hydrogens (tertiary/aromatic N) is 2. The molecule has 2 aromatic rings. The van der Waals surface area contributed by atoms with Crippen molar-refractivity contribution in [3.63, 3.8) is 0 Å². The zero-order valence-corrected chi connectivity index (χ0v) is 8.28. The first-order chi connectivity index (χ1) is 6.18. The van der Waals surface area contributed by atoms with Crippen molar-refractivity contribution in [3.8, 4) is 0 Å². The topological polar surface area (TPSA) is 54.6 Å². The Kier molecular flexibility index (Phi) is 2.76. The number of imidazole rings is 1. The maximum Gasteiger partial charge on any atom is 0.354 e. The first-order valence-corrected chi connectivity index (χ1v) is 3.85. The molecule has 0 fully saturated rings. The molecule has 0 aliphatic heterocycles. The van der Waals surface area contributed by atoms with Crippen LogP contribution in [-0.4, -0.2) is 20.5 Å². The van der Waals surface area contributed by atoms with Crippen LogP contribution in [-0.2, 0) is 0 Å². The fraction of sp³-hybridized carbons (Fsp3) is 0.111. The molecule has 0 saturated carbocycles.